The molecule has 0 saturated carbocycles. The van der Waals surface area contributed by atoms with Gasteiger partial charge in [-0.1, -0.05) is 128 Å². The predicted octanol–water partition coefficient (Wildman–Crippen LogP) is 4.80. The molecule has 1 heterocycles. The Labute approximate surface area is 428 Å². The Hall–Kier alpha value is -5.30. The van der Waals surface area contributed by atoms with E-state index in [0.29, 0.717) is 6.42 Å². The van der Waals surface area contributed by atoms with Crippen LogP contribution in [-0.4, -0.2) is 118 Å². The van der Waals surface area contributed by atoms with Crippen LogP contribution < -0.4 is 37.2 Å². The Balaban J connectivity index is 3.97. The number of cyclic esters (lactones) is 1. The van der Waals surface area contributed by atoms with Gasteiger partial charge in [-0.25, -0.2) is 4.79 Å². The molecule has 0 aliphatic carbocycles. The SMILES string of the molecule is CCCCCCCCCCCC1CC(=O)NC(CCC(=O)O)C(=O)NC(CC(C)C)C(=O)NC(CC(C)C)C(=O)NC(C(C)C)C(=O)NC(CC(=O)O)C(=O)NC(CC(C)C)C(=O)NC(CC(C)C)C(=O)O1. The summed E-state index contributed by atoms with van der Waals surface area (Å²) in [6.45, 7) is 19.8. The summed E-state index contributed by atoms with van der Waals surface area (Å²) in [6, 6.07) is -9.63. The van der Waals surface area contributed by atoms with Gasteiger partial charge in [0.2, 0.25) is 41.4 Å². The monoisotopic (exact) mass is 1020 g/mol. The lowest BCUT2D eigenvalue weighted by Gasteiger charge is -2.29. The van der Waals surface area contributed by atoms with Crippen LogP contribution in [0.1, 0.15) is 192 Å². The van der Waals surface area contributed by atoms with Crippen LogP contribution in [0.25, 0.3) is 0 Å². The van der Waals surface area contributed by atoms with Crippen LogP contribution in [0.4, 0.5) is 0 Å². The van der Waals surface area contributed by atoms with Crippen molar-refractivity contribution in [2.45, 2.75) is 240 Å². The van der Waals surface area contributed by atoms with Gasteiger partial charge < -0.3 is 52.2 Å². The number of carbonyl (C=O) groups is 10. The minimum absolute atomic E-state index is 0.0401. The van der Waals surface area contributed by atoms with E-state index in [9.17, 15) is 58.2 Å². The number of carboxylic acids is 2. The van der Waals surface area contributed by atoms with Crippen molar-refractivity contribution >= 4 is 59.3 Å². The minimum atomic E-state index is -1.72. The number of amides is 7. The molecule has 9 N–H and O–H groups in total. The first kappa shape index (κ1) is 64.7. The summed E-state index contributed by atoms with van der Waals surface area (Å²) in [5.74, 6) is -10.8. The first-order valence-corrected chi connectivity index (χ1v) is 26.5. The Morgan fingerprint density at radius 1 is 0.472 bits per heavy atom. The number of carboxylic acid groups (broad SMARTS) is 2. The van der Waals surface area contributed by atoms with Crippen LogP contribution in [0.2, 0.25) is 0 Å². The molecule has 0 bridgehead atoms. The second-order valence-electron chi connectivity index (χ2n) is 21.6. The minimum Gasteiger partial charge on any atom is -0.481 e. The number of esters is 1. The van der Waals surface area contributed by atoms with Crippen molar-refractivity contribution in [1.82, 2.24) is 37.2 Å². The maximum atomic E-state index is 14.2. The van der Waals surface area contributed by atoms with E-state index in [4.69, 9.17) is 4.74 Å². The molecule has 8 unspecified atom stereocenters. The number of hydrogen-bond acceptors (Lipinski definition) is 11. The Morgan fingerprint density at radius 2 is 0.861 bits per heavy atom. The lowest BCUT2D eigenvalue weighted by atomic mass is 9.98. The summed E-state index contributed by atoms with van der Waals surface area (Å²) >= 11 is 0. The van der Waals surface area contributed by atoms with Crippen LogP contribution >= 0.6 is 0 Å². The molecule has 1 aliphatic heterocycles. The van der Waals surface area contributed by atoms with Crippen molar-refractivity contribution in [3.05, 3.63) is 0 Å². The highest BCUT2D eigenvalue weighted by Crippen LogP contribution is 2.19. The van der Waals surface area contributed by atoms with E-state index in [1.807, 2.05) is 13.8 Å². The Bertz CT molecular complexity index is 1770. The van der Waals surface area contributed by atoms with Crippen LogP contribution in [0.15, 0.2) is 0 Å². The first-order valence-electron chi connectivity index (χ1n) is 26.5. The van der Waals surface area contributed by atoms with Gasteiger partial charge in [0.15, 0.2) is 0 Å². The van der Waals surface area contributed by atoms with E-state index >= 15 is 0 Å². The molecule has 0 radical (unpaired) electrons. The van der Waals surface area contributed by atoms with E-state index in [-0.39, 0.29) is 62.2 Å². The molecule has 1 rings (SSSR count). The second-order valence-corrected chi connectivity index (χ2v) is 21.6. The highest BCUT2D eigenvalue weighted by atomic mass is 16.5. The van der Waals surface area contributed by atoms with E-state index in [1.165, 1.54) is 12.8 Å². The molecule has 0 aromatic heterocycles. The molecule has 20 nitrogen and oxygen atoms in total. The third-order valence-corrected chi connectivity index (χ3v) is 12.2. The molecule has 0 aromatic rings. The molecule has 7 amide bonds. The lowest BCUT2D eigenvalue weighted by Crippen LogP contribution is -2.61. The van der Waals surface area contributed by atoms with Gasteiger partial charge in [0.1, 0.15) is 48.4 Å². The Morgan fingerprint density at radius 3 is 1.29 bits per heavy atom. The van der Waals surface area contributed by atoms with Crippen molar-refractivity contribution in [2.75, 3.05) is 0 Å². The van der Waals surface area contributed by atoms with Gasteiger partial charge in [-0.05, 0) is 74.5 Å². The van der Waals surface area contributed by atoms with E-state index < -0.39 is 133 Å². The molecule has 1 aliphatic rings. The molecule has 0 spiro atoms. The molecule has 8 atom stereocenters. The summed E-state index contributed by atoms with van der Waals surface area (Å²) in [5.41, 5.74) is 0. The summed E-state index contributed by atoms with van der Waals surface area (Å²) in [5, 5.41) is 37.9. The maximum Gasteiger partial charge on any atom is 0.328 e. The first-order chi connectivity index (χ1) is 33.7. The molecular formula is C52H91N7O13. The summed E-state index contributed by atoms with van der Waals surface area (Å²) < 4.78 is 6.03. The Kier molecular flexibility index (Phi) is 30.7. The third-order valence-electron chi connectivity index (χ3n) is 12.2. The summed E-state index contributed by atoms with van der Waals surface area (Å²) in [7, 11) is 0. The number of carbonyl (C=O) groups excluding carboxylic acids is 8. The van der Waals surface area contributed by atoms with Crippen LogP contribution in [-0.2, 0) is 52.7 Å². The van der Waals surface area contributed by atoms with Crippen molar-refractivity contribution in [3.8, 4) is 0 Å². The van der Waals surface area contributed by atoms with Gasteiger partial charge in [-0.3, -0.25) is 43.2 Å². The standard InChI is InChI=1S/C52H91N7O13/c1-12-13-14-15-16-17-18-19-20-21-35-28-42(60)53-36(22-23-43(61)62)46(65)54-37(24-30(2)3)47(66)56-39(26-32(6)7)50(69)59-45(34(10)11)51(70)57-40(29-44(63)64)49(68)55-38(25-31(4)5)48(67)58-41(27-33(8)9)52(71)72-35/h30-41,45H,12-29H2,1-11H3,(H,53,60)(H,54,65)(H,55,68)(H,56,66)(H,57,70)(H,58,67)(H,59,69)(H,61,62)(H,63,64). The van der Waals surface area contributed by atoms with E-state index in [2.05, 4.69) is 44.1 Å². The average Bonchev–Trinajstić information content (AvgIpc) is 3.26. The quantitative estimate of drug-likeness (QED) is 0.0465. The normalized spacial score (nSPS) is 24.1. The zero-order valence-corrected chi connectivity index (χ0v) is 45.1. The highest BCUT2D eigenvalue weighted by Gasteiger charge is 2.37. The average molecular weight is 1020 g/mol. The van der Waals surface area contributed by atoms with Gasteiger partial charge in [-0.15, -0.1) is 0 Å². The number of ether oxygens (including phenoxy) is 1. The largest absolute Gasteiger partial charge is 0.481 e. The lowest BCUT2D eigenvalue weighted by molar-refractivity contribution is -0.155. The summed E-state index contributed by atoms with van der Waals surface area (Å²) in [6.07, 6.45) is 6.23. The van der Waals surface area contributed by atoms with Crippen LogP contribution in [0.3, 0.4) is 0 Å². The zero-order chi connectivity index (χ0) is 54.7. The molecular weight excluding hydrogens is 931 g/mol. The number of aliphatic carboxylic acids is 2. The highest BCUT2D eigenvalue weighted by molar-refractivity contribution is 5.98. The van der Waals surface area contributed by atoms with E-state index in [1.54, 1.807) is 55.4 Å². The fourth-order valence-corrected chi connectivity index (χ4v) is 8.45. The van der Waals surface area contributed by atoms with Gasteiger partial charge in [0, 0.05) is 6.42 Å². The van der Waals surface area contributed by atoms with Gasteiger partial charge in [-0.2, -0.15) is 0 Å². The van der Waals surface area contributed by atoms with E-state index in [0.717, 1.165) is 38.5 Å². The fraction of sp³-hybridized carbons (Fsp3) is 0.808. The number of hydrogen-bond donors (Lipinski definition) is 9. The van der Waals surface area contributed by atoms with Crippen LogP contribution in [0.5, 0.6) is 0 Å². The summed E-state index contributed by atoms with van der Waals surface area (Å²) in [4.78, 5) is 136. The topological polar surface area (TPSA) is 305 Å². The van der Waals surface area contributed by atoms with Crippen LogP contribution in [0, 0.1) is 29.6 Å². The molecule has 20 heteroatoms. The van der Waals surface area contributed by atoms with Crippen molar-refractivity contribution in [2.24, 2.45) is 29.6 Å². The predicted molar refractivity (Wildman–Crippen MR) is 272 cm³/mol. The third kappa shape index (κ3) is 26.9. The number of rotatable bonds is 24. The molecule has 1 fully saturated rings. The molecule has 72 heavy (non-hydrogen) atoms. The number of unbranched alkanes of at least 4 members (excludes halogenated alkanes) is 8. The van der Waals surface area contributed by atoms with Gasteiger partial charge >= 0.3 is 17.9 Å². The van der Waals surface area contributed by atoms with Crippen molar-refractivity contribution in [1.29, 1.82) is 0 Å². The van der Waals surface area contributed by atoms with Crippen molar-refractivity contribution in [3.63, 3.8) is 0 Å². The molecule has 412 valence electrons. The smallest absolute Gasteiger partial charge is 0.328 e. The number of nitrogens with one attached hydrogen (secondary N) is 7. The fourth-order valence-electron chi connectivity index (χ4n) is 8.45. The van der Waals surface area contributed by atoms with Gasteiger partial charge in [0.25, 0.3) is 0 Å². The molecule has 1 saturated heterocycles. The second kappa shape index (κ2) is 34.2. The maximum absolute atomic E-state index is 14.2. The van der Waals surface area contributed by atoms with Gasteiger partial charge in [0.05, 0.1) is 12.8 Å². The van der Waals surface area contributed by atoms with Crippen molar-refractivity contribution < 1.29 is 62.9 Å². The zero-order valence-electron chi connectivity index (χ0n) is 45.1. The molecule has 0 aromatic carbocycles.